The first kappa shape index (κ1) is 13.3. The largest absolute Gasteiger partial charge is 0.477 e. The lowest BCUT2D eigenvalue weighted by molar-refractivity contribution is -0.385. The number of anilines is 1. The van der Waals surface area contributed by atoms with Crippen LogP contribution in [0.1, 0.15) is 23.7 Å². The number of nitro groups is 1. The highest BCUT2D eigenvalue weighted by Crippen LogP contribution is 2.31. The van der Waals surface area contributed by atoms with Gasteiger partial charge in [0.2, 0.25) is 0 Å². The molecule has 102 valence electrons. The summed E-state index contributed by atoms with van der Waals surface area (Å²) in [6.45, 7) is 3.25. The number of rotatable bonds is 3. The molecule has 0 radical (unpaired) electrons. The van der Waals surface area contributed by atoms with Crippen molar-refractivity contribution in [1.82, 2.24) is 0 Å². The van der Waals surface area contributed by atoms with Crippen molar-refractivity contribution in [3.8, 4) is 0 Å². The van der Waals surface area contributed by atoms with Crippen LogP contribution >= 0.6 is 0 Å². The molecule has 1 aliphatic rings. The van der Waals surface area contributed by atoms with E-state index >= 15 is 0 Å². The fourth-order valence-electron chi connectivity index (χ4n) is 2.27. The topological polar surface area (TPSA) is 83.7 Å². The number of hydrogen-bond acceptors (Lipinski definition) is 4. The Morgan fingerprint density at radius 1 is 1.58 bits per heavy atom. The fourth-order valence-corrected chi connectivity index (χ4v) is 2.27. The molecule has 0 spiro atoms. The first-order valence-corrected chi connectivity index (χ1v) is 5.86. The summed E-state index contributed by atoms with van der Waals surface area (Å²) < 4.78 is 13.9. The number of benzene rings is 1. The Hall–Kier alpha value is -2.18. The molecule has 0 saturated carbocycles. The molecule has 19 heavy (non-hydrogen) atoms. The molecule has 0 bridgehead atoms. The molecule has 2 rings (SSSR count). The van der Waals surface area contributed by atoms with Crippen LogP contribution in [0.25, 0.3) is 0 Å². The van der Waals surface area contributed by atoms with Crippen molar-refractivity contribution in [2.24, 2.45) is 5.92 Å². The minimum Gasteiger partial charge on any atom is -0.477 e. The Bertz CT molecular complexity index is 547. The van der Waals surface area contributed by atoms with E-state index in [0.29, 0.717) is 25.1 Å². The zero-order chi connectivity index (χ0) is 14.2. The Labute approximate surface area is 108 Å². The average Bonchev–Trinajstić information content (AvgIpc) is 2.74. The number of carboxylic acids is 1. The maximum absolute atomic E-state index is 13.9. The van der Waals surface area contributed by atoms with Crippen molar-refractivity contribution in [3.05, 3.63) is 33.6 Å². The summed E-state index contributed by atoms with van der Waals surface area (Å²) in [5, 5.41) is 19.7. The Balaban J connectivity index is 2.48. The third kappa shape index (κ3) is 2.49. The number of carbonyl (C=O) groups is 1. The van der Waals surface area contributed by atoms with Gasteiger partial charge >= 0.3 is 5.97 Å². The van der Waals surface area contributed by atoms with Crippen LogP contribution in [0.5, 0.6) is 0 Å². The van der Waals surface area contributed by atoms with Crippen LogP contribution in [0.15, 0.2) is 12.1 Å². The van der Waals surface area contributed by atoms with E-state index in [0.717, 1.165) is 12.5 Å². The van der Waals surface area contributed by atoms with Gasteiger partial charge in [-0.05, 0) is 18.4 Å². The van der Waals surface area contributed by atoms with E-state index in [1.807, 2.05) is 6.92 Å². The minimum absolute atomic E-state index is 0.118. The molecule has 1 aromatic carbocycles. The minimum atomic E-state index is -1.43. The van der Waals surface area contributed by atoms with Crippen molar-refractivity contribution in [3.63, 3.8) is 0 Å². The van der Waals surface area contributed by atoms with Crippen LogP contribution in [-0.4, -0.2) is 29.1 Å². The van der Waals surface area contributed by atoms with Crippen LogP contribution in [0.3, 0.4) is 0 Å². The second kappa shape index (κ2) is 4.83. The van der Waals surface area contributed by atoms with Gasteiger partial charge in [0.05, 0.1) is 16.7 Å². The SMILES string of the molecule is CC1CCN(c2cc(C(=O)O)c([N+](=O)[O-])cc2F)C1. The van der Waals surface area contributed by atoms with E-state index in [1.54, 1.807) is 4.90 Å². The maximum Gasteiger partial charge on any atom is 0.342 e. The maximum atomic E-state index is 13.9. The second-order valence-corrected chi connectivity index (χ2v) is 4.72. The highest BCUT2D eigenvalue weighted by molar-refractivity contribution is 5.93. The molecule has 1 N–H and O–H groups in total. The van der Waals surface area contributed by atoms with Crippen LogP contribution in [0, 0.1) is 21.8 Å². The zero-order valence-corrected chi connectivity index (χ0v) is 10.3. The van der Waals surface area contributed by atoms with Gasteiger partial charge in [0.15, 0.2) is 5.82 Å². The normalized spacial score (nSPS) is 18.6. The molecule has 1 aromatic rings. The molecule has 7 heteroatoms. The smallest absolute Gasteiger partial charge is 0.342 e. The Morgan fingerprint density at radius 3 is 2.74 bits per heavy atom. The van der Waals surface area contributed by atoms with Gasteiger partial charge in [0.1, 0.15) is 5.56 Å². The molecular formula is C12H13FN2O4. The molecule has 1 fully saturated rings. The van der Waals surface area contributed by atoms with Crippen molar-refractivity contribution in [2.75, 3.05) is 18.0 Å². The van der Waals surface area contributed by atoms with Crippen LogP contribution < -0.4 is 4.90 Å². The lowest BCUT2D eigenvalue weighted by Crippen LogP contribution is -2.21. The summed E-state index contributed by atoms with van der Waals surface area (Å²) in [5.74, 6) is -1.80. The summed E-state index contributed by atoms with van der Waals surface area (Å²) >= 11 is 0. The number of hydrogen-bond donors (Lipinski definition) is 1. The number of halogens is 1. The lowest BCUT2D eigenvalue weighted by atomic mass is 10.1. The number of aromatic carboxylic acids is 1. The van der Waals surface area contributed by atoms with E-state index in [1.165, 1.54) is 0 Å². The highest BCUT2D eigenvalue weighted by Gasteiger charge is 2.27. The molecular weight excluding hydrogens is 255 g/mol. The lowest BCUT2D eigenvalue weighted by Gasteiger charge is -2.19. The van der Waals surface area contributed by atoms with Gasteiger partial charge in [-0.2, -0.15) is 0 Å². The molecule has 0 aromatic heterocycles. The van der Waals surface area contributed by atoms with Gasteiger partial charge in [-0.3, -0.25) is 10.1 Å². The molecule has 1 aliphatic heterocycles. The summed E-state index contributed by atoms with van der Waals surface area (Å²) in [4.78, 5) is 22.6. The molecule has 1 saturated heterocycles. The summed E-state index contributed by atoms with van der Waals surface area (Å²) in [7, 11) is 0. The monoisotopic (exact) mass is 268 g/mol. The van der Waals surface area contributed by atoms with Crippen LogP contribution in [-0.2, 0) is 0 Å². The number of nitrogens with zero attached hydrogens (tertiary/aromatic N) is 2. The molecule has 6 nitrogen and oxygen atoms in total. The zero-order valence-electron chi connectivity index (χ0n) is 10.3. The van der Waals surface area contributed by atoms with Crippen LogP contribution in [0.4, 0.5) is 15.8 Å². The first-order chi connectivity index (χ1) is 8.90. The molecule has 0 amide bonds. The quantitative estimate of drug-likeness (QED) is 0.671. The average molecular weight is 268 g/mol. The molecule has 1 atom stereocenters. The third-order valence-corrected chi connectivity index (χ3v) is 3.26. The van der Waals surface area contributed by atoms with E-state index in [-0.39, 0.29) is 5.69 Å². The molecule has 1 unspecified atom stereocenters. The summed E-state index contributed by atoms with van der Waals surface area (Å²) in [6.07, 6.45) is 0.888. The van der Waals surface area contributed by atoms with Crippen molar-refractivity contribution < 1.29 is 19.2 Å². The van der Waals surface area contributed by atoms with E-state index in [9.17, 15) is 19.3 Å². The highest BCUT2D eigenvalue weighted by atomic mass is 19.1. The van der Waals surface area contributed by atoms with Gasteiger partial charge in [0, 0.05) is 13.1 Å². The third-order valence-electron chi connectivity index (χ3n) is 3.26. The number of nitro benzene ring substituents is 1. The van der Waals surface area contributed by atoms with Crippen LogP contribution in [0.2, 0.25) is 0 Å². The summed E-state index contributed by atoms with van der Waals surface area (Å²) in [5.41, 5.74) is -1.09. The van der Waals surface area contributed by atoms with Crippen molar-refractivity contribution in [2.45, 2.75) is 13.3 Å². The number of carboxylic acid groups (broad SMARTS) is 1. The van der Waals surface area contributed by atoms with E-state index in [2.05, 4.69) is 0 Å². The summed E-state index contributed by atoms with van der Waals surface area (Å²) in [6, 6.07) is 1.73. The van der Waals surface area contributed by atoms with E-state index < -0.39 is 28.0 Å². The predicted molar refractivity (Wildman–Crippen MR) is 66.0 cm³/mol. The standard InChI is InChI=1S/C12H13FN2O4/c1-7-2-3-14(6-7)11-4-8(12(16)17)10(15(18)19)5-9(11)13/h4-5,7H,2-3,6H2,1H3,(H,16,17). The first-order valence-electron chi connectivity index (χ1n) is 5.86. The van der Waals surface area contributed by atoms with Crippen molar-refractivity contribution >= 4 is 17.3 Å². The van der Waals surface area contributed by atoms with Gasteiger partial charge < -0.3 is 10.0 Å². The molecule has 1 heterocycles. The van der Waals surface area contributed by atoms with E-state index in [4.69, 9.17) is 5.11 Å². The van der Waals surface area contributed by atoms with Gasteiger partial charge in [-0.1, -0.05) is 6.92 Å². The molecule has 0 aliphatic carbocycles. The Kier molecular flexibility index (Phi) is 3.37. The van der Waals surface area contributed by atoms with Gasteiger partial charge in [-0.25, -0.2) is 9.18 Å². The Morgan fingerprint density at radius 2 is 2.26 bits per heavy atom. The second-order valence-electron chi connectivity index (χ2n) is 4.72. The van der Waals surface area contributed by atoms with Gasteiger partial charge in [0.25, 0.3) is 5.69 Å². The van der Waals surface area contributed by atoms with Crippen molar-refractivity contribution in [1.29, 1.82) is 0 Å². The fraction of sp³-hybridized carbons (Fsp3) is 0.417. The van der Waals surface area contributed by atoms with Gasteiger partial charge in [-0.15, -0.1) is 0 Å². The predicted octanol–water partition coefficient (Wildman–Crippen LogP) is 2.28.